The Morgan fingerprint density at radius 3 is 2.50 bits per heavy atom. The minimum atomic E-state index is -0.212. The molecule has 0 spiro atoms. The van der Waals surface area contributed by atoms with E-state index < -0.39 is 0 Å². The molecule has 8 nitrogen and oxygen atoms in total. The van der Waals surface area contributed by atoms with Crippen molar-refractivity contribution in [1.29, 1.82) is 0 Å². The molecule has 3 amide bonds. The van der Waals surface area contributed by atoms with E-state index in [2.05, 4.69) is 12.2 Å². The van der Waals surface area contributed by atoms with Crippen LogP contribution in [-0.2, 0) is 14.3 Å². The molecule has 1 heterocycles. The molecule has 0 unspecified atom stereocenters. The van der Waals surface area contributed by atoms with Crippen LogP contribution in [0.5, 0.6) is 5.75 Å². The third kappa shape index (κ3) is 6.38. The zero-order valence-electron chi connectivity index (χ0n) is 22.1. The Labute approximate surface area is 214 Å². The van der Waals surface area contributed by atoms with E-state index >= 15 is 0 Å². The van der Waals surface area contributed by atoms with Crippen LogP contribution < -0.4 is 10.1 Å². The van der Waals surface area contributed by atoms with Crippen LogP contribution in [0.15, 0.2) is 18.2 Å². The van der Waals surface area contributed by atoms with Crippen LogP contribution in [-0.4, -0.2) is 73.5 Å². The van der Waals surface area contributed by atoms with Gasteiger partial charge in [-0.25, -0.2) is 0 Å². The molecule has 1 aromatic carbocycles. The maximum atomic E-state index is 13.4. The fourth-order valence-electron chi connectivity index (χ4n) is 5.32. The van der Waals surface area contributed by atoms with Gasteiger partial charge in [-0.3, -0.25) is 14.4 Å². The van der Waals surface area contributed by atoms with Crippen molar-refractivity contribution in [3.63, 3.8) is 0 Å². The van der Waals surface area contributed by atoms with Crippen molar-refractivity contribution >= 4 is 23.4 Å². The van der Waals surface area contributed by atoms with Crippen molar-refractivity contribution in [2.75, 3.05) is 39.2 Å². The number of hydrogen-bond acceptors (Lipinski definition) is 5. The topological polar surface area (TPSA) is 88.2 Å². The molecule has 36 heavy (non-hydrogen) atoms. The van der Waals surface area contributed by atoms with E-state index in [1.54, 1.807) is 37.3 Å². The van der Waals surface area contributed by atoms with Gasteiger partial charge in [0.1, 0.15) is 12.4 Å². The molecule has 2 fully saturated rings. The van der Waals surface area contributed by atoms with Crippen LogP contribution in [0.25, 0.3) is 0 Å². The Hall–Kier alpha value is -2.61. The summed E-state index contributed by atoms with van der Waals surface area (Å²) in [5.74, 6) is 1.00. The lowest BCUT2D eigenvalue weighted by atomic mass is 10.0. The van der Waals surface area contributed by atoms with E-state index in [4.69, 9.17) is 9.47 Å². The molecule has 1 aliphatic heterocycles. The molecular weight excluding hydrogens is 458 g/mol. The van der Waals surface area contributed by atoms with E-state index in [9.17, 15) is 14.4 Å². The first-order valence-corrected chi connectivity index (χ1v) is 13.4. The number of benzene rings is 1. The van der Waals surface area contributed by atoms with Crippen molar-refractivity contribution in [3.8, 4) is 5.75 Å². The maximum absolute atomic E-state index is 13.4. The van der Waals surface area contributed by atoms with Gasteiger partial charge in [0, 0.05) is 57.3 Å². The van der Waals surface area contributed by atoms with Gasteiger partial charge < -0.3 is 24.6 Å². The predicted molar refractivity (Wildman–Crippen MR) is 138 cm³/mol. The summed E-state index contributed by atoms with van der Waals surface area (Å²) < 4.78 is 12.0. The number of carbonyl (C=O) groups excluding carboxylic acids is 3. The zero-order chi connectivity index (χ0) is 25.8. The molecule has 0 aromatic heterocycles. The number of rotatable bonds is 5. The molecule has 198 valence electrons. The van der Waals surface area contributed by atoms with E-state index in [1.807, 2.05) is 11.8 Å². The number of ether oxygens (including phenoxy) is 2. The zero-order valence-corrected chi connectivity index (χ0v) is 22.1. The highest BCUT2D eigenvalue weighted by atomic mass is 16.5. The van der Waals surface area contributed by atoms with Crippen molar-refractivity contribution in [3.05, 3.63) is 23.8 Å². The number of hydrogen-bond donors (Lipinski definition) is 1. The first-order chi connectivity index (χ1) is 17.3. The van der Waals surface area contributed by atoms with Crippen molar-refractivity contribution in [2.45, 2.75) is 70.9 Å². The second kappa shape index (κ2) is 11.6. The fourth-order valence-corrected chi connectivity index (χ4v) is 5.32. The fraction of sp³-hybridized carbons (Fsp3) is 0.679. The Morgan fingerprint density at radius 1 is 1.11 bits per heavy atom. The van der Waals surface area contributed by atoms with Gasteiger partial charge in [-0.15, -0.1) is 0 Å². The lowest BCUT2D eigenvalue weighted by Crippen LogP contribution is -2.48. The number of likely N-dealkylation sites (N-methyl/N-ethyl adjacent to an activating group) is 1. The second-order valence-corrected chi connectivity index (χ2v) is 11.0. The third-order valence-electron chi connectivity index (χ3n) is 7.92. The van der Waals surface area contributed by atoms with E-state index in [0.717, 1.165) is 38.5 Å². The smallest absolute Gasteiger partial charge is 0.257 e. The number of nitrogens with zero attached hydrogens (tertiary/aromatic N) is 2. The minimum Gasteiger partial charge on any atom is -0.491 e. The molecule has 4 rings (SSSR count). The molecular formula is C28H41N3O5. The molecule has 3 atom stereocenters. The molecule has 2 saturated carbocycles. The number of amides is 3. The molecule has 3 aliphatic rings. The number of carbonyl (C=O) groups is 3. The average Bonchev–Trinajstić information content (AvgIpc) is 3.49. The van der Waals surface area contributed by atoms with Gasteiger partial charge >= 0.3 is 0 Å². The Morgan fingerprint density at radius 2 is 1.83 bits per heavy atom. The molecule has 0 saturated heterocycles. The van der Waals surface area contributed by atoms with Crippen molar-refractivity contribution in [1.82, 2.24) is 9.80 Å². The van der Waals surface area contributed by atoms with Crippen LogP contribution in [0.4, 0.5) is 5.69 Å². The molecule has 0 bridgehead atoms. The third-order valence-corrected chi connectivity index (χ3v) is 7.92. The summed E-state index contributed by atoms with van der Waals surface area (Å²) in [6, 6.07) is 5.04. The average molecular weight is 500 g/mol. The van der Waals surface area contributed by atoms with Crippen LogP contribution >= 0.6 is 0 Å². The minimum absolute atomic E-state index is 0.0196. The summed E-state index contributed by atoms with van der Waals surface area (Å²) in [6.45, 7) is 5.25. The van der Waals surface area contributed by atoms with Gasteiger partial charge in [-0.2, -0.15) is 0 Å². The van der Waals surface area contributed by atoms with Crippen LogP contribution in [0.1, 0.15) is 69.2 Å². The summed E-state index contributed by atoms with van der Waals surface area (Å²) >= 11 is 0. The highest BCUT2D eigenvalue weighted by Crippen LogP contribution is 2.34. The van der Waals surface area contributed by atoms with Gasteiger partial charge in [0.15, 0.2) is 0 Å². The van der Waals surface area contributed by atoms with Crippen molar-refractivity contribution < 1.29 is 23.9 Å². The molecule has 1 aromatic rings. The first-order valence-electron chi connectivity index (χ1n) is 13.4. The Balaban J connectivity index is 1.59. The number of nitrogens with one attached hydrogen (secondary N) is 1. The van der Waals surface area contributed by atoms with Gasteiger partial charge in [0.05, 0.1) is 17.7 Å². The standard InChI is InChI=1S/C28H41N3O5/c1-18-15-31(26(32)13-20-9-10-20)19(2)17-36-24-14-22(29-27(33)21-7-5-6-8-21)11-12-23(24)28(34)30(3)16-25(18)35-4/h11-12,14,18-21,25H,5-10,13,15-17H2,1-4H3,(H,29,33)/t18-,19-,25-/m1/s1. The molecule has 8 heteroatoms. The predicted octanol–water partition coefficient (Wildman–Crippen LogP) is 3.95. The second-order valence-electron chi connectivity index (χ2n) is 11.0. The normalized spacial score (nSPS) is 26.0. The highest BCUT2D eigenvalue weighted by Gasteiger charge is 2.33. The van der Waals surface area contributed by atoms with Gasteiger partial charge in [-0.05, 0) is 50.7 Å². The lowest BCUT2D eigenvalue weighted by Gasteiger charge is -2.36. The van der Waals surface area contributed by atoms with E-state index in [0.29, 0.717) is 42.4 Å². The summed E-state index contributed by atoms with van der Waals surface area (Å²) in [6.07, 6.45) is 6.60. The summed E-state index contributed by atoms with van der Waals surface area (Å²) in [4.78, 5) is 42.8. The van der Waals surface area contributed by atoms with Crippen LogP contribution in [0, 0.1) is 17.8 Å². The summed E-state index contributed by atoms with van der Waals surface area (Å²) in [5, 5.41) is 3.01. The highest BCUT2D eigenvalue weighted by molar-refractivity contribution is 5.98. The SMILES string of the molecule is CO[C@@H]1CN(C)C(=O)c2ccc(NC(=O)C3CCCC3)cc2OC[C@@H](C)N(C(=O)CC2CC2)C[C@H]1C. The first kappa shape index (κ1) is 26.5. The summed E-state index contributed by atoms with van der Waals surface area (Å²) in [7, 11) is 3.41. The Bertz CT molecular complexity index is 957. The van der Waals surface area contributed by atoms with Gasteiger partial charge in [0.2, 0.25) is 11.8 Å². The molecule has 0 radical (unpaired) electrons. The number of methoxy groups -OCH3 is 1. The maximum Gasteiger partial charge on any atom is 0.257 e. The largest absolute Gasteiger partial charge is 0.491 e. The lowest BCUT2D eigenvalue weighted by molar-refractivity contribution is -0.135. The number of fused-ring (bicyclic) bond motifs is 1. The van der Waals surface area contributed by atoms with E-state index in [1.165, 1.54) is 0 Å². The van der Waals surface area contributed by atoms with Gasteiger partial charge in [-0.1, -0.05) is 19.8 Å². The quantitative estimate of drug-likeness (QED) is 0.663. The van der Waals surface area contributed by atoms with Gasteiger partial charge in [0.25, 0.3) is 5.91 Å². The van der Waals surface area contributed by atoms with Crippen LogP contribution in [0.3, 0.4) is 0 Å². The monoisotopic (exact) mass is 499 g/mol. The molecule has 2 aliphatic carbocycles. The summed E-state index contributed by atoms with van der Waals surface area (Å²) in [5.41, 5.74) is 1.05. The van der Waals surface area contributed by atoms with E-state index in [-0.39, 0.29) is 48.3 Å². The Kier molecular flexibility index (Phi) is 8.54. The number of anilines is 1. The molecule has 1 N–H and O–H groups in total. The van der Waals surface area contributed by atoms with Crippen molar-refractivity contribution in [2.24, 2.45) is 17.8 Å². The van der Waals surface area contributed by atoms with Crippen LogP contribution in [0.2, 0.25) is 0 Å².